The van der Waals surface area contributed by atoms with Gasteiger partial charge in [-0.15, -0.1) is 0 Å². The summed E-state index contributed by atoms with van der Waals surface area (Å²) in [6, 6.07) is 2.56. The van der Waals surface area contributed by atoms with E-state index in [2.05, 4.69) is 4.74 Å². The van der Waals surface area contributed by atoms with Crippen molar-refractivity contribution in [3.05, 3.63) is 34.9 Å². The largest absolute Gasteiger partial charge is 0.460 e. The number of benzene rings is 1. The fraction of sp³-hybridized carbons (Fsp3) is 0.182. The van der Waals surface area contributed by atoms with Crippen LogP contribution in [0.2, 0.25) is 0 Å². The molecule has 0 N–H and O–H groups in total. The van der Waals surface area contributed by atoms with Crippen LogP contribution in [0.3, 0.4) is 0 Å². The molecular formula is C11H7F2NO3. The second-order valence-corrected chi connectivity index (χ2v) is 2.98. The minimum atomic E-state index is -1.20. The first-order chi connectivity index (χ1) is 8.01. The van der Waals surface area contributed by atoms with Crippen LogP contribution >= 0.6 is 0 Å². The Morgan fingerprint density at radius 1 is 1.35 bits per heavy atom. The number of ether oxygens (including phenoxy) is 1. The topological polar surface area (TPSA) is 67.2 Å². The molecule has 0 aromatic heterocycles. The van der Waals surface area contributed by atoms with Crippen LogP contribution in [-0.2, 0) is 9.53 Å². The third kappa shape index (κ3) is 2.64. The second kappa shape index (κ2) is 5.16. The summed E-state index contributed by atoms with van der Waals surface area (Å²) in [6.45, 7) is 1.47. The summed E-state index contributed by atoms with van der Waals surface area (Å²) in [6.07, 6.45) is 0. The molecular weight excluding hydrogens is 232 g/mol. The van der Waals surface area contributed by atoms with Crippen molar-refractivity contribution < 1.29 is 23.1 Å². The number of halogens is 2. The maximum atomic E-state index is 13.2. The molecule has 0 unspecified atom stereocenters. The molecule has 0 aliphatic rings. The molecule has 0 heterocycles. The van der Waals surface area contributed by atoms with Crippen LogP contribution in [0.1, 0.15) is 22.8 Å². The maximum Gasteiger partial charge on any atom is 0.379 e. The number of Topliss-reactive ketones (excluding diaryl/α,β-unsaturated/α-hetero) is 1. The van der Waals surface area contributed by atoms with Crippen molar-refractivity contribution in [2.24, 2.45) is 0 Å². The summed E-state index contributed by atoms with van der Waals surface area (Å²) in [5, 5.41) is 8.42. The Labute approximate surface area is 95.4 Å². The highest BCUT2D eigenvalue weighted by Gasteiger charge is 2.21. The smallest absolute Gasteiger partial charge is 0.379 e. The van der Waals surface area contributed by atoms with Gasteiger partial charge in [0.1, 0.15) is 23.3 Å². The maximum absolute atomic E-state index is 13.2. The SMILES string of the molecule is CCOC(=O)C(=O)c1cc(F)c(C#N)c(F)c1. The first-order valence-corrected chi connectivity index (χ1v) is 4.61. The Bertz CT molecular complexity index is 497. The molecule has 6 heteroatoms. The van der Waals surface area contributed by atoms with Gasteiger partial charge in [-0.05, 0) is 19.1 Å². The Hall–Kier alpha value is -2.29. The van der Waals surface area contributed by atoms with Crippen LogP contribution in [0.4, 0.5) is 8.78 Å². The van der Waals surface area contributed by atoms with Crippen LogP contribution in [0.25, 0.3) is 0 Å². The number of ketones is 1. The molecule has 1 aromatic rings. The van der Waals surface area contributed by atoms with Crippen LogP contribution in [0, 0.1) is 23.0 Å². The van der Waals surface area contributed by atoms with Gasteiger partial charge in [0, 0.05) is 5.56 Å². The first kappa shape index (κ1) is 12.8. The molecule has 0 saturated carbocycles. The molecule has 0 fully saturated rings. The van der Waals surface area contributed by atoms with E-state index in [0.29, 0.717) is 12.1 Å². The molecule has 0 radical (unpaired) electrons. The molecule has 0 aliphatic heterocycles. The van der Waals surface area contributed by atoms with Gasteiger partial charge < -0.3 is 4.74 Å². The zero-order valence-electron chi connectivity index (χ0n) is 8.79. The van der Waals surface area contributed by atoms with E-state index in [1.807, 2.05) is 0 Å². The minimum absolute atomic E-state index is 0.0220. The van der Waals surface area contributed by atoms with Gasteiger partial charge >= 0.3 is 5.97 Å². The van der Waals surface area contributed by atoms with E-state index in [1.165, 1.54) is 13.0 Å². The van der Waals surface area contributed by atoms with Crippen molar-refractivity contribution in [3.63, 3.8) is 0 Å². The number of nitrogens with zero attached hydrogens (tertiary/aromatic N) is 1. The fourth-order valence-electron chi connectivity index (χ4n) is 1.13. The first-order valence-electron chi connectivity index (χ1n) is 4.61. The van der Waals surface area contributed by atoms with Crippen LogP contribution in [0.5, 0.6) is 0 Å². The summed E-state index contributed by atoms with van der Waals surface area (Å²) in [7, 11) is 0. The zero-order valence-corrected chi connectivity index (χ0v) is 8.79. The fourth-order valence-corrected chi connectivity index (χ4v) is 1.13. The lowest BCUT2D eigenvalue weighted by Gasteiger charge is -2.02. The quantitative estimate of drug-likeness (QED) is 0.456. The van der Waals surface area contributed by atoms with E-state index in [0.717, 1.165) is 0 Å². The molecule has 0 amide bonds. The molecule has 1 rings (SSSR count). The van der Waals surface area contributed by atoms with Crippen molar-refractivity contribution in [2.45, 2.75) is 6.92 Å². The van der Waals surface area contributed by atoms with E-state index in [9.17, 15) is 18.4 Å². The number of esters is 1. The number of carbonyl (C=O) groups excluding carboxylic acids is 2. The van der Waals surface area contributed by atoms with Gasteiger partial charge in [0.05, 0.1) is 6.61 Å². The van der Waals surface area contributed by atoms with Gasteiger partial charge in [-0.3, -0.25) is 4.79 Å². The molecule has 4 nitrogen and oxygen atoms in total. The number of rotatable bonds is 3. The number of carbonyl (C=O) groups is 2. The number of hydrogen-bond donors (Lipinski definition) is 0. The van der Waals surface area contributed by atoms with E-state index in [4.69, 9.17) is 5.26 Å². The average molecular weight is 239 g/mol. The molecule has 17 heavy (non-hydrogen) atoms. The molecule has 0 spiro atoms. The molecule has 1 aromatic carbocycles. The van der Waals surface area contributed by atoms with Crippen molar-refractivity contribution in [3.8, 4) is 6.07 Å². The summed E-state index contributed by atoms with van der Waals surface area (Å²) >= 11 is 0. The third-order valence-electron chi connectivity index (χ3n) is 1.88. The highest BCUT2D eigenvalue weighted by Crippen LogP contribution is 2.15. The summed E-state index contributed by atoms with van der Waals surface area (Å²) < 4.78 is 30.7. The van der Waals surface area contributed by atoms with Crippen LogP contribution in [-0.4, -0.2) is 18.4 Å². The van der Waals surface area contributed by atoms with Gasteiger partial charge in [0.2, 0.25) is 0 Å². The van der Waals surface area contributed by atoms with Gasteiger partial charge in [-0.1, -0.05) is 0 Å². The molecule has 88 valence electrons. The number of nitriles is 1. The van der Waals surface area contributed by atoms with E-state index in [1.54, 1.807) is 0 Å². The monoisotopic (exact) mass is 239 g/mol. The third-order valence-corrected chi connectivity index (χ3v) is 1.88. The predicted octanol–water partition coefficient (Wildman–Crippen LogP) is 1.58. The number of hydrogen-bond acceptors (Lipinski definition) is 4. The lowest BCUT2D eigenvalue weighted by atomic mass is 10.1. The molecule has 0 aliphatic carbocycles. The van der Waals surface area contributed by atoms with Crippen molar-refractivity contribution in [2.75, 3.05) is 6.61 Å². The Morgan fingerprint density at radius 2 is 1.88 bits per heavy atom. The zero-order chi connectivity index (χ0) is 13.0. The molecule has 0 atom stereocenters. The van der Waals surface area contributed by atoms with Crippen LogP contribution < -0.4 is 0 Å². The molecule has 0 saturated heterocycles. The average Bonchev–Trinajstić information content (AvgIpc) is 2.27. The lowest BCUT2D eigenvalue weighted by molar-refractivity contribution is -0.137. The predicted molar refractivity (Wildman–Crippen MR) is 52.0 cm³/mol. The van der Waals surface area contributed by atoms with Gasteiger partial charge in [0.15, 0.2) is 0 Å². The summed E-state index contributed by atoms with van der Waals surface area (Å²) in [5.74, 6) is -4.74. The second-order valence-electron chi connectivity index (χ2n) is 2.98. The summed E-state index contributed by atoms with van der Waals surface area (Å²) in [5.41, 5.74) is -1.29. The van der Waals surface area contributed by atoms with Crippen molar-refractivity contribution in [1.82, 2.24) is 0 Å². The van der Waals surface area contributed by atoms with E-state index >= 15 is 0 Å². The standard InChI is InChI=1S/C11H7F2NO3/c1-2-17-11(16)10(15)6-3-8(12)7(5-14)9(13)4-6/h3-4H,2H2,1H3. The Balaban J connectivity index is 3.14. The van der Waals surface area contributed by atoms with Crippen molar-refractivity contribution in [1.29, 1.82) is 5.26 Å². The van der Waals surface area contributed by atoms with E-state index < -0.39 is 34.5 Å². The Morgan fingerprint density at radius 3 is 2.29 bits per heavy atom. The highest BCUT2D eigenvalue weighted by atomic mass is 19.1. The van der Waals surface area contributed by atoms with Crippen LogP contribution in [0.15, 0.2) is 12.1 Å². The van der Waals surface area contributed by atoms with Gasteiger partial charge in [-0.25, -0.2) is 13.6 Å². The minimum Gasteiger partial charge on any atom is -0.460 e. The lowest BCUT2D eigenvalue weighted by Crippen LogP contribution is -2.18. The summed E-state index contributed by atoms with van der Waals surface area (Å²) in [4.78, 5) is 22.4. The molecule has 0 bridgehead atoms. The normalized spacial score (nSPS) is 9.53. The van der Waals surface area contributed by atoms with Gasteiger partial charge in [0.25, 0.3) is 5.78 Å². The van der Waals surface area contributed by atoms with E-state index in [-0.39, 0.29) is 6.61 Å². The Kier molecular flexibility index (Phi) is 3.88. The van der Waals surface area contributed by atoms with Gasteiger partial charge in [-0.2, -0.15) is 5.26 Å². The van der Waals surface area contributed by atoms with Crippen molar-refractivity contribution >= 4 is 11.8 Å². The highest BCUT2D eigenvalue weighted by molar-refractivity contribution is 6.40.